The third kappa shape index (κ3) is 3.49. The first kappa shape index (κ1) is 17.4. The van der Waals surface area contributed by atoms with E-state index < -0.39 is 5.97 Å². The van der Waals surface area contributed by atoms with Crippen LogP contribution in [0.1, 0.15) is 21.5 Å². The van der Waals surface area contributed by atoms with Crippen LogP contribution in [-0.4, -0.2) is 31.8 Å². The lowest BCUT2D eigenvalue weighted by molar-refractivity contribution is -0.116. The first-order valence-corrected chi connectivity index (χ1v) is 8.81. The summed E-state index contributed by atoms with van der Waals surface area (Å²) in [7, 11) is 2.96. The molecule has 1 aliphatic rings. The van der Waals surface area contributed by atoms with Crippen molar-refractivity contribution in [2.45, 2.75) is 18.4 Å². The van der Waals surface area contributed by atoms with Crippen molar-refractivity contribution in [1.82, 2.24) is 0 Å². The normalized spacial score (nSPS) is 13.4. The molecule has 0 saturated carbocycles. The number of methoxy groups -OCH3 is 2. The summed E-state index contributed by atoms with van der Waals surface area (Å²) in [6, 6.07) is 11.2. The van der Waals surface area contributed by atoms with Gasteiger partial charge in [-0.2, -0.15) is 0 Å². The van der Waals surface area contributed by atoms with Gasteiger partial charge in [0.25, 0.3) is 0 Å². The third-order valence-electron chi connectivity index (χ3n) is 4.09. The molecule has 2 aromatic carbocycles. The van der Waals surface area contributed by atoms with Gasteiger partial charge in [0, 0.05) is 10.5 Å². The monoisotopic (exact) mass is 357 g/mol. The van der Waals surface area contributed by atoms with Crippen LogP contribution >= 0.6 is 11.8 Å². The molecule has 3 rings (SSSR count). The van der Waals surface area contributed by atoms with Gasteiger partial charge in [-0.1, -0.05) is 17.7 Å². The molecule has 0 aliphatic carbocycles. The van der Waals surface area contributed by atoms with E-state index in [1.807, 2.05) is 31.2 Å². The number of rotatable bonds is 4. The number of ether oxygens (including phenoxy) is 2. The Balaban J connectivity index is 2.01. The molecule has 1 amide bonds. The van der Waals surface area contributed by atoms with E-state index in [1.54, 1.807) is 24.1 Å². The van der Waals surface area contributed by atoms with Crippen LogP contribution in [0.4, 0.5) is 5.69 Å². The molecule has 0 radical (unpaired) electrons. The van der Waals surface area contributed by atoms with Crippen molar-refractivity contribution in [3.63, 3.8) is 0 Å². The summed E-state index contributed by atoms with van der Waals surface area (Å²) in [6.45, 7) is 2.39. The molecule has 0 fully saturated rings. The number of hydrogen-bond donors (Lipinski definition) is 0. The molecule has 25 heavy (non-hydrogen) atoms. The topological polar surface area (TPSA) is 55.8 Å². The molecular weight excluding hydrogens is 338 g/mol. The Labute approximate surface area is 150 Å². The number of anilines is 1. The Kier molecular flexibility index (Phi) is 4.99. The van der Waals surface area contributed by atoms with E-state index in [0.29, 0.717) is 17.9 Å². The van der Waals surface area contributed by atoms with Crippen molar-refractivity contribution in [1.29, 1.82) is 0 Å². The number of carbonyl (C=O) groups excluding carboxylic acids is 2. The first-order chi connectivity index (χ1) is 12.0. The minimum absolute atomic E-state index is 0.00285. The fourth-order valence-electron chi connectivity index (χ4n) is 2.82. The largest absolute Gasteiger partial charge is 0.496 e. The van der Waals surface area contributed by atoms with Gasteiger partial charge in [-0.3, -0.25) is 4.79 Å². The number of amides is 1. The number of carbonyl (C=O) groups is 2. The van der Waals surface area contributed by atoms with Crippen molar-refractivity contribution in [3.8, 4) is 5.75 Å². The van der Waals surface area contributed by atoms with E-state index in [-0.39, 0.29) is 5.91 Å². The van der Waals surface area contributed by atoms with Gasteiger partial charge in [-0.05, 0) is 31.2 Å². The van der Waals surface area contributed by atoms with Crippen molar-refractivity contribution in [2.75, 3.05) is 24.9 Å². The fourth-order valence-corrected chi connectivity index (χ4v) is 3.74. The van der Waals surface area contributed by atoms with Crippen LogP contribution in [0.5, 0.6) is 5.75 Å². The molecule has 130 valence electrons. The second kappa shape index (κ2) is 7.19. The summed E-state index contributed by atoms with van der Waals surface area (Å²) in [4.78, 5) is 27.1. The molecule has 1 heterocycles. The Hall–Kier alpha value is -2.47. The highest BCUT2D eigenvalue weighted by Crippen LogP contribution is 2.37. The predicted molar refractivity (Wildman–Crippen MR) is 97.4 cm³/mol. The van der Waals surface area contributed by atoms with Crippen LogP contribution in [0.15, 0.2) is 41.3 Å². The second-order valence-electron chi connectivity index (χ2n) is 5.76. The lowest BCUT2D eigenvalue weighted by Gasteiger charge is -2.30. The van der Waals surface area contributed by atoms with Gasteiger partial charge in [0.1, 0.15) is 5.75 Å². The number of nitrogens with zero attached hydrogens (tertiary/aromatic N) is 1. The number of benzene rings is 2. The van der Waals surface area contributed by atoms with Crippen molar-refractivity contribution < 1.29 is 19.1 Å². The smallest absolute Gasteiger partial charge is 0.337 e. The minimum Gasteiger partial charge on any atom is -0.496 e. The zero-order chi connectivity index (χ0) is 18.0. The number of esters is 1. The molecule has 5 nitrogen and oxygen atoms in total. The summed E-state index contributed by atoms with van der Waals surface area (Å²) in [5, 5.41) is 0. The highest BCUT2D eigenvalue weighted by atomic mass is 32.2. The predicted octanol–water partition coefficient (Wildman–Crippen LogP) is 3.43. The van der Waals surface area contributed by atoms with Crippen LogP contribution in [0.25, 0.3) is 0 Å². The lowest BCUT2D eigenvalue weighted by atomic mass is 10.1. The van der Waals surface area contributed by atoms with Crippen molar-refractivity contribution >= 4 is 29.3 Å². The third-order valence-corrected chi connectivity index (χ3v) is 5.13. The highest BCUT2D eigenvalue weighted by molar-refractivity contribution is 8.00. The molecule has 0 N–H and O–H groups in total. The van der Waals surface area contributed by atoms with E-state index >= 15 is 0 Å². The van der Waals surface area contributed by atoms with E-state index in [0.717, 1.165) is 27.5 Å². The molecular formula is C19H19NO4S. The molecule has 0 aromatic heterocycles. The van der Waals surface area contributed by atoms with E-state index in [2.05, 4.69) is 0 Å². The molecule has 1 aliphatic heterocycles. The van der Waals surface area contributed by atoms with Crippen molar-refractivity contribution in [3.05, 3.63) is 53.1 Å². The quantitative estimate of drug-likeness (QED) is 0.785. The molecule has 6 heteroatoms. The van der Waals surface area contributed by atoms with Gasteiger partial charge in [-0.25, -0.2) is 4.79 Å². The summed E-state index contributed by atoms with van der Waals surface area (Å²) in [5.41, 5.74) is 3.18. The first-order valence-electron chi connectivity index (χ1n) is 7.82. The molecule has 0 saturated heterocycles. The number of aryl methyl sites for hydroxylation is 1. The minimum atomic E-state index is -0.418. The van der Waals surface area contributed by atoms with E-state index in [1.165, 1.54) is 18.9 Å². The van der Waals surface area contributed by atoms with Crippen LogP contribution in [0, 0.1) is 6.92 Å². The molecule has 0 bridgehead atoms. The average molecular weight is 357 g/mol. The van der Waals surface area contributed by atoms with E-state index in [4.69, 9.17) is 9.47 Å². The van der Waals surface area contributed by atoms with Gasteiger partial charge in [-0.15, -0.1) is 11.8 Å². The standard InChI is InChI=1S/C19H19NO4S/c1-12-4-6-16(23-2)14(8-12)10-20-15-9-13(19(22)24-3)5-7-17(15)25-11-18(20)21/h4-9H,10-11H2,1-3H3. The molecule has 0 spiro atoms. The number of fused-ring (bicyclic) bond motifs is 1. The Morgan fingerprint density at radius 1 is 1.20 bits per heavy atom. The maximum atomic E-state index is 12.5. The van der Waals surface area contributed by atoms with Gasteiger partial charge in [0.15, 0.2) is 0 Å². The molecule has 2 aromatic rings. The van der Waals surface area contributed by atoms with Crippen LogP contribution < -0.4 is 9.64 Å². The summed E-state index contributed by atoms with van der Waals surface area (Å²) >= 11 is 1.48. The Bertz CT molecular complexity index is 834. The van der Waals surface area contributed by atoms with Gasteiger partial charge in [0.05, 0.1) is 37.8 Å². The zero-order valence-corrected chi connectivity index (χ0v) is 15.2. The number of thioether (sulfide) groups is 1. The maximum Gasteiger partial charge on any atom is 0.337 e. The summed E-state index contributed by atoms with van der Waals surface area (Å²) in [6.07, 6.45) is 0. The zero-order valence-electron chi connectivity index (χ0n) is 14.4. The van der Waals surface area contributed by atoms with Crippen LogP contribution in [0.3, 0.4) is 0 Å². The van der Waals surface area contributed by atoms with Gasteiger partial charge >= 0.3 is 5.97 Å². The van der Waals surface area contributed by atoms with Crippen molar-refractivity contribution in [2.24, 2.45) is 0 Å². The second-order valence-corrected chi connectivity index (χ2v) is 6.78. The van der Waals surface area contributed by atoms with Crippen LogP contribution in [0.2, 0.25) is 0 Å². The summed E-state index contributed by atoms with van der Waals surface area (Å²) < 4.78 is 10.2. The maximum absolute atomic E-state index is 12.5. The highest BCUT2D eigenvalue weighted by Gasteiger charge is 2.27. The fraction of sp³-hybridized carbons (Fsp3) is 0.263. The average Bonchev–Trinajstić information content (AvgIpc) is 2.63. The van der Waals surface area contributed by atoms with Crippen LogP contribution in [-0.2, 0) is 16.1 Å². The molecule has 0 unspecified atom stereocenters. The van der Waals surface area contributed by atoms with Gasteiger partial charge in [0.2, 0.25) is 5.91 Å². The lowest BCUT2D eigenvalue weighted by Crippen LogP contribution is -2.35. The number of hydrogen-bond acceptors (Lipinski definition) is 5. The Morgan fingerprint density at radius 2 is 2.00 bits per heavy atom. The van der Waals surface area contributed by atoms with E-state index in [9.17, 15) is 9.59 Å². The SMILES string of the molecule is COC(=O)c1ccc2c(c1)N(Cc1cc(C)ccc1OC)C(=O)CS2. The summed E-state index contributed by atoms with van der Waals surface area (Å²) in [5.74, 6) is 0.697. The van der Waals surface area contributed by atoms with Gasteiger partial charge < -0.3 is 14.4 Å². The molecule has 0 atom stereocenters. The Morgan fingerprint density at radius 3 is 2.72 bits per heavy atom.